The Labute approximate surface area is 247 Å². The van der Waals surface area contributed by atoms with Crippen LogP contribution in [0.15, 0.2) is 138 Å². The Balaban J connectivity index is 1.41. The van der Waals surface area contributed by atoms with E-state index in [9.17, 15) is 10.5 Å². The van der Waals surface area contributed by atoms with Gasteiger partial charge in [0.2, 0.25) is 0 Å². The number of anilines is 3. The zero-order chi connectivity index (χ0) is 29.1. The lowest BCUT2D eigenvalue weighted by Crippen LogP contribution is -2.17. The smallest absolute Gasteiger partial charge is 0.132 e. The molecule has 0 saturated heterocycles. The summed E-state index contributed by atoms with van der Waals surface area (Å²) in [5.41, 5.74) is 6.58. The van der Waals surface area contributed by atoms with Crippen LogP contribution in [0.3, 0.4) is 0 Å². The van der Waals surface area contributed by atoms with Crippen LogP contribution in [0, 0.1) is 28.1 Å². The van der Waals surface area contributed by atoms with Crippen molar-refractivity contribution in [2.45, 2.75) is 26.7 Å². The molecule has 0 atom stereocenters. The summed E-state index contributed by atoms with van der Waals surface area (Å²) in [5.74, 6) is 0. The van der Waals surface area contributed by atoms with Crippen molar-refractivity contribution < 1.29 is 0 Å². The summed E-state index contributed by atoms with van der Waals surface area (Å²) in [6.45, 7) is 4.37. The zero-order valence-electron chi connectivity index (χ0n) is 23.9. The third kappa shape index (κ3) is 5.34. The molecule has 6 rings (SSSR count). The van der Waals surface area contributed by atoms with Gasteiger partial charge in [0.05, 0.1) is 11.4 Å². The molecule has 0 bridgehead atoms. The Morgan fingerprint density at radius 2 is 1.21 bits per heavy atom. The van der Waals surface area contributed by atoms with Crippen molar-refractivity contribution >= 4 is 44.7 Å². The first-order chi connectivity index (χ1) is 20.5. The highest BCUT2D eigenvalue weighted by Crippen LogP contribution is 2.42. The van der Waals surface area contributed by atoms with E-state index in [0.717, 1.165) is 46.6 Å². The maximum absolute atomic E-state index is 9.41. The lowest BCUT2D eigenvalue weighted by Gasteiger charge is -2.30. The summed E-state index contributed by atoms with van der Waals surface area (Å²) in [5, 5.41) is 23.6. The van der Waals surface area contributed by atoms with Crippen LogP contribution in [0.4, 0.5) is 17.1 Å². The highest BCUT2D eigenvalue weighted by Gasteiger charge is 2.26. The third-order valence-electron chi connectivity index (χ3n) is 7.91. The van der Waals surface area contributed by atoms with Crippen LogP contribution < -0.4 is 4.90 Å². The normalized spacial score (nSPS) is 14.4. The van der Waals surface area contributed by atoms with Crippen molar-refractivity contribution in [3.05, 3.63) is 144 Å². The monoisotopic (exact) mass is 541 g/mol. The SMILES string of the molecule is CC1(C)CC(/C=C/c2ccc(N(c3cccc4ccccc34)c3cccc4ccccc34)cc2)=CC(=C(C#N)C#N)C1. The Bertz CT molecular complexity index is 1870. The van der Waals surface area contributed by atoms with Gasteiger partial charge in [-0.15, -0.1) is 0 Å². The summed E-state index contributed by atoms with van der Waals surface area (Å²) in [7, 11) is 0. The number of hydrogen-bond donors (Lipinski definition) is 0. The lowest BCUT2D eigenvalue weighted by molar-refractivity contribution is 0.354. The second kappa shape index (κ2) is 11.2. The molecule has 0 unspecified atom stereocenters. The highest BCUT2D eigenvalue weighted by molar-refractivity contribution is 6.04. The molecule has 0 saturated carbocycles. The van der Waals surface area contributed by atoms with E-state index in [1.165, 1.54) is 21.5 Å². The summed E-state index contributed by atoms with van der Waals surface area (Å²) < 4.78 is 0. The topological polar surface area (TPSA) is 50.8 Å². The Kier molecular flexibility index (Phi) is 7.18. The molecule has 202 valence electrons. The fourth-order valence-electron chi connectivity index (χ4n) is 6.05. The molecule has 5 aromatic carbocycles. The minimum absolute atomic E-state index is 0.00994. The molecule has 0 spiro atoms. The van der Waals surface area contributed by atoms with E-state index < -0.39 is 0 Å². The average Bonchev–Trinajstić information content (AvgIpc) is 3.01. The molecule has 5 aromatic rings. The zero-order valence-corrected chi connectivity index (χ0v) is 23.9. The fraction of sp³-hybridized carbons (Fsp3) is 0.128. The van der Waals surface area contributed by atoms with Crippen LogP contribution in [0.25, 0.3) is 27.6 Å². The molecule has 0 amide bonds. The predicted octanol–water partition coefficient (Wildman–Crippen LogP) is 10.6. The Morgan fingerprint density at radius 1 is 0.667 bits per heavy atom. The molecule has 3 heteroatoms. The van der Waals surface area contributed by atoms with E-state index in [-0.39, 0.29) is 11.0 Å². The summed E-state index contributed by atoms with van der Waals surface area (Å²) >= 11 is 0. The van der Waals surface area contributed by atoms with Crippen molar-refractivity contribution in [2.24, 2.45) is 5.41 Å². The Morgan fingerprint density at radius 3 is 1.79 bits per heavy atom. The van der Waals surface area contributed by atoms with Crippen molar-refractivity contribution in [3.8, 4) is 12.1 Å². The number of nitrogens with zero attached hydrogens (tertiary/aromatic N) is 3. The molecule has 0 N–H and O–H groups in total. The molecule has 0 heterocycles. The van der Waals surface area contributed by atoms with Crippen molar-refractivity contribution in [2.75, 3.05) is 4.90 Å². The van der Waals surface area contributed by atoms with Gasteiger partial charge in [-0.05, 0) is 70.0 Å². The standard InChI is InChI=1S/C39H31N3/c1-39(2)24-29(23-32(25-39)33(26-40)27-41)18-17-28-19-21-34(22-20-28)42(37-15-7-11-30-9-3-5-13-35(30)37)38-16-8-12-31-10-4-6-14-36(31)38/h3-23H,24-25H2,1-2H3/b18-17+. The van der Waals surface area contributed by atoms with Gasteiger partial charge in [-0.2, -0.15) is 10.5 Å². The first-order valence-corrected chi connectivity index (χ1v) is 14.2. The van der Waals surface area contributed by atoms with E-state index in [4.69, 9.17) is 0 Å². The highest BCUT2D eigenvalue weighted by atomic mass is 15.1. The molecule has 1 aliphatic rings. The maximum Gasteiger partial charge on any atom is 0.132 e. The quantitative estimate of drug-likeness (QED) is 0.208. The van der Waals surface area contributed by atoms with E-state index in [2.05, 4.69) is 152 Å². The lowest BCUT2D eigenvalue weighted by atomic mass is 9.74. The largest absolute Gasteiger partial charge is 0.309 e. The van der Waals surface area contributed by atoms with Crippen molar-refractivity contribution in [1.29, 1.82) is 10.5 Å². The molecular formula is C39H31N3. The van der Waals surface area contributed by atoms with E-state index in [1.54, 1.807) is 0 Å². The van der Waals surface area contributed by atoms with Crippen LogP contribution in [0.5, 0.6) is 0 Å². The van der Waals surface area contributed by atoms with Crippen LogP contribution in [-0.2, 0) is 0 Å². The molecule has 1 aliphatic carbocycles. The van der Waals surface area contributed by atoms with E-state index in [0.29, 0.717) is 0 Å². The third-order valence-corrected chi connectivity index (χ3v) is 7.91. The molecular weight excluding hydrogens is 510 g/mol. The van der Waals surface area contributed by atoms with Gasteiger partial charge in [-0.1, -0.05) is 117 Å². The van der Waals surface area contributed by atoms with Crippen molar-refractivity contribution in [1.82, 2.24) is 0 Å². The number of nitriles is 2. The number of allylic oxidation sites excluding steroid dienone is 5. The van der Waals surface area contributed by atoms with Gasteiger partial charge in [-0.25, -0.2) is 0 Å². The second-order valence-corrected chi connectivity index (χ2v) is 11.6. The van der Waals surface area contributed by atoms with Gasteiger partial charge in [0.25, 0.3) is 0 Å². The van der Waals surface area contributed by atoms with E-state index in [1.807, 2.05) is 6.08 Å². The molecule has 0 fully saturated rings. The molecule has 42 heavy (non-hydrogen) atoms. The maximum atomic E-state index is 9.41. The average molecular weight is 542 g/mol. The summed E-state index contributed by atoms with van der Waals surface area (Å²) in [6.07, 6.45) is 7.88. The van der Waals surface area contributed by atoms with Gasteiger partial charge >= 0.3 is 0 Å². The first kappa shape index (κ1) is 26.8. The Hall–Kier alpha value is -5.38. The minimum Gasteiger partial charge on any atom is -0.309 e. The molecule has 0 aliphatic heterocycles. The number of benzene rings is 5. The summed E-state index contributed by atoms with van der Waals surface area (Å²) in [4.78, 5) is 2.35. The predicted molar refractivity (Wildman–Crippen MR) is 175 cm³/mol. The van der Waals surface area contributed by atoms with Gasteiger partial charge in [0.15, 0.2) is 0 Å². The molecule has 0 aromatic heterocycles. The van der Waals surface area contributed by atoms with Gasteiger partial charge in [-0.3, -0.25) is 0 Å². The van der Waals surface area contributed by atoms with Crippen molar-refractivity contribution in [3.63, 3.8) is 0 Å². The van der Waals surface area contributed by atoms with Gasteiger partial charge in [0, 0.05) is 16.5 Å². The summed E-state index contributed by atoms with van der Waals surface area (Å²) in [6, 6.07) is 42.8. The van der Waals surface area contributed by atoms with Crippen LogP contribution in [0.1, 0.15) is 32.3 Å². The molecule has 3 nitrogen and oxygen atoms in total. The number of rotatable bonds is 5. The van der Waals surface area contributed by atoms with Crippen LogP contribution >= 0.6 is 0 Å². The van der Waals surface area contributed by atoms with Crippen LogP contribution in [0.2, 0.25) is 0 Å². The van der Waals surface area contributed by atoms with Crippen LogP contribution in [-0.4, -0.2) is 0 Å². The van der Waals surface area contributed by atoms with Gasteiger partial charge < -0.3 is 4.90 Å². The minimum atomic E-state index is -0.00994. The number of hydrogen-bond acceptors (Lipinski definition) is 3. The number of fused-ring (bicyclic) bond motifs is 2. The fourth-order valence-corrected chi connectivity index (χ4v) is 6.05. The first-order valence-electron chi connectivity index (χ1n) is 14.2. The second-order valence-electron chi connectivity index (χ2n) is 11.6. The van der Waals surface area contributed by atoms with E-state index >= 15 is 0 Å². The molecule has 0 radical (unpaired) electrons. The van der Waals surface area contributed by atoms with Gasteiger partial charge in [0.1, 0.15) is 17.7 Å².